The molecule has 0 bridgehead atoms. The molecule has 0 radical (unpaired) electrons. The highest BCUT2D eigenvalue weighted by atomic mass is 32.2. The van der Waals surface area contributed by atoms with Crippen LogP contribution < -0.4 is 10.0 Å². The van der Waals surface area contributed by atoms with Crippen molar-refractivity contribution >= 4 is 26.9 Å². The van der Waals surface area contributed by atoms with Crippen LogP contribution >= 0.6 is 0 Å². The number of hydrogen-bond donors (Lipinski definition) is 3. The van der Waals surface area contributed by atoms with Crippen LogP contribution in [-0.4, -0.2) is 46.2 Å². The maximum Gasteiger partial charge on any atom is 0.211 e. The quantitative estimate of drug-likeness (QED) is 0.528. The number of pyridine rings is 1. The molecular weight excluding hydrogens is 407 g/mol. The number of aromatic amines is 1. The molecule has 2 atom stereocenters. The number of fused-ring (bicyclic) bond motifs is 1. The number of hydrogen-bond acceptors (Lipinski definition) is 6. The summed E-state index contributed by atoms with van der Waals surface area (Å²) in [6.45, 7) is 1.83. The fourth-order valence-electron chi connectivity index (χ4n) is 3.92. The van der Waals surface area contributed by atoms with E-state index in [1.807, 2.05) is 19.1 Å². The van der Waals surface area contributed by atoms with E-state index in [2.05, 4.69) is 30.0 Å². The number of sulfonamides is 1. The Kier molecular flexibility index (Phi) is 5.96. The predicted molar refractivity (Wildman–Crippen MR) is 114 cm³/mol. The average Bonchev–Trinajstić information content (AvgIpc) is 3.15. The van der Waals surface area contributed by atoms with Crippen molar-refractivity contribution in [1.29, 1.82) is 0 Å². The monoisotopic (exact) mass is 432 g/mol. The molecule has 1 aliphatic rings. The molecular formula is C20H25FN6O2S. The van der Waals surface area contributed by atoms with Gasteiger partial charge in [-0.15, -0.1) is 0 Å². The number of rotatable bonds is 7. The van der Waals surface area contributed by atoms with Gasteiger partial charge in [-0.25, -0.2) is 32.5 Å². The van der Waals surface area contributed by atoms with Crippen molar-refractivity contribution in [2.45, 2.75) is 51.1 Å². The molecule has 8 nitrogen and oxygen atoms in total. The number of H-pyrrole nitrogens is 1. The predicted octanol–water partition coefficient (Wildman–Crippen LogP) is 3.21. The first-order valence-electron chi connectivity index (χ1n) is 10.2. The molecule has 0 saturated heterocycles. The SMILES string of the molecule is CCCS(=O)(=O)NC1CCCC[C@H]1Nc1nc(-c2c[nH]c3ncccc23)ncc1F. The van der Waals surface area contributed by atoms with E-state index in [1.54, 1.807) is 12.4 Å². The third-order valence-corrected chi connectivity index (χ3v) is 6.94. The number of aromatic nitrogens is 4. The smallest absolute Gasteiger partial charge is 0.211 e. The van der Waals surface area contributed by atoms with Crippen LogP contribution in [0.25, 0.3) is 22.4 Å². The van der Waals surface area contributed by atoms with Crippen molar-refractivity contribution in [3.63, 3.8) is 0 Å². The summed E-state index contributed by atoms with van der Waals surface area (Å²) in [5, 5.41) is 3.98. The van der Waals surface area contributed by atoms with Gasteiger partial charge in [0, 0.05) is 35.4 Å². The number of nitrogens with zero attached hydrogens (tertiary/aromatic N) is 3. The molecule has 3 aromatic rings. The minimum atomic E-state index is -3.36. The number of nitrogens with one attached hydrogen (secondary N) is 3. The van der Waals surface area contributed by atoms with Gasteiger partial charge in [-0.1, -0.05) is 19.8 Å². The van der Waals surface area contributed by atoms with E-state index < -0.39 is 15.8 Å². The van der Waals surface area contributed by atoms with Crippen LogP contribution in [-0.2, 0) is 10.0 Å². The lowest BCUT2D eigenvalue weighted by molar-refractivity contribution is 0.377. The average molecular weight is 433 g/mol. The summed E-state index contributed by atoms with van der Waals surface area (Å²) in [7, 11) is -3.36. The van der Waals surface area contributed by atoms with Gasteiger partial charge in [0.1, 0.15) is 5.65 Å². The van der Waals surface area contributed by atoms with Crippen molar-refractivity contribution < 1.29 is 12.8 Å². The maximum absolute atomic E-state index is 14.5. The summed E-state index contributed by atoms with van der Waals surface area (Å²) in [6, 6.07) is 3.17. The van der Waals surface area contributed by atoms with Gasteiger partial charge in [-0.05, 0) is 31.4 Å². The van der Waals surface area contributed by atoms with E-state index in [-0.39, 0.29) is 23.7 Å². The molecule has 4 rings (SSSR count). The third kappa shape index (κ3) is 4.44. The number of anilines is 1. The Balaban J connectivity index is 1.60. The highest BCUT2D eigenvalue weighted by Crippen LogP contribution is 2.28. The standard InChI is InChI=1S/C20H25FN6O2S/c1-2-10-30(28,29)27-17-8-4-3-7-16(17)25-20-15(21)12-24-19(26-20)14-11-23-18-13(14)6-5-9-22-18/h5-6,9,11-12,16-17,27H,2-4,7-8,10H2,1H3,(H,22,23)(H,24,25,26)/t16-,17?/m1/s1. The zero-order chi connectivity index (χ0) is 21.1. The Hall–Kier alpha value is -2.59. The minimum absolute atomic E-state index is 0.0739. The molecule has 0 amide bonds. The minimum Gasteiger partial charge on any atom is -0.363 e. The van der Waals surface area contributed by atoms with E-state index in [9.17, 15) is 12.8 Å². The van der Waals surface area contributed by atoms with Crippen LogP contribution in [0.15, 0.2) is 30.7 Å². The Morgan fingerprint density at radius 3 is 2.83 bits per heavy atom. The first-order chi connectivity index (χ1) is 14.5. The van der Waals surface area contributed by atoms with Crippen LogP contribution in [0.4, 0.5) is 10.2 Å². The molecule has 3 aromatic heterocycles. The van der Waals surface area contributed by atoms with Gasteiger partial charge in [-0.2, -0.15) is 0 Å². The first kappa shape index (κ1) is 20.7. The highest BCUT2D eigenvalue weighted by molar-refractivity contribution is 7.89. The normalized spacial score (nSPS) is 19.8. The van der Waals surface area contributed by atoms with Crippen LogP contribution in [0.2, 0.25) is 0 Å². The van der Waals surface area contributed by atoms with Gasteiger partial charge in [0.05, 0.1) is 11.9 Å². The zero-order valence-corrected chi connectivity index (χ0v) is 17.5. The number of halogens is 1. The second-order valence-corrected chi connectivity index (χ2v) is 9.44. The Morgan fingerprint density at radius 2 is 2.03 bits per heavy atom. The van der Waals surface area contributed by atoms with Gasteiger partial charge >= 0.3 is 0 Å². The molecule has 160 valence electrons. The highest BCUT2D eigenvalue weighted by Gasteiger charge is 2.29. The third-order valence-electron chi connectivity index (χ3n) is 5.33. The lowest BCUT2D eigenvalue weighted by Gasteiger charge is -2.33. The van der Waals surface area contributed by atoms with Crippen molar-refractivity contribution in [1.82, 2.24) is 24.7 Å². The van der Waals surface area contributed by atoms with Crippen LogP contribution in [0, 0.1) is 5.82 Å². The molecule has 10 heteroatoms. The molecule has 0 aliphatic heterocycles. The van der Waals surface area contributed by atoms with E-state index in [0.29, 0.717) is 24.3 Å². The Labute approximate surface area is 174 Å². The molecule has 3 N–H and O–H groups in total. The van der Waals surface area contributed by atoms with Gasteiger partial charge in [-0.3, -0.25) is 0 Å². The lowest BCUT2D eigenvalue weighted by Crippen LogP contribution is -2.49. The summed E-state index contributed by atoms with van der Waals surface area (Å²) in [6.07, 6.45) is 8.42. The molecule has 30 heavy (non-hydrogen) atoms. The van der Waals surface area contributed by atoms with Crippen molar-refractivity contribution in [3.8, 4) is 11.4 Å². The van der Waals surface area contributed by atoms with Gasteiger partial charge < -0.3 is 10.3 Å². The van der Waals surface area contributed by atoms with E-state index in [4.69, 9.17) is 0 Å². The van der Waals surface area contributed by atoms with E-state index >= 15 is 0 Å². The molecule has 1 fully saturated rings. The fourth-order valence-corrected chi connectivity index (χ4v) is 5.32. The molecule has 0 aromatic carbocycles. The van der Waals surface area contributed by atoms with Gasteiger partial charge in [0.15, 0.2) is 17.5 Å². The Bertz CT molecular complexity index is 1130. The maximum atomic E-state index is 14.5. The van der Waals surface area contributed by atoms with Gasteiger partial charge in [0.2, 0.25) is 10.0 Å². The fraction of sp³-hybridized carbons (Fsp3) is 0.450. The molecule has 1 saturated carbocycles. The molecule has 1 unspecified atom stereocenters. The first-order valence-corrected chi connectivity index (χ1v) is 11.8. The topological polar surface area (TPSA) is 113 Å². The molecule has 0 spiro atoms. The summed E-state index contributed by atoms with van der Waals surface area (Å²) < 4.78 is 41.8. The van der Waals surface area contributed by atoms with Crippen molar-refractivity contribution in [3.05, 3.63) is 36.5 Å². The van der Waals surface area contributed by atoms with Crippen molar-refractivity contribution in [2.24, 2.45) is 0 Å². The van der Waals surface area contributed by atoms with E-state index in [1.165, 1.54) is 0 Å². The van der Waals surface area contributed by atoms with Gasteiger partial charge in [0.25, 0.3) is 0 Å². The zero-order valence-electron chi connectivity index (χ0n) is 16.7. The van der Waals surface area contributed by atoms with Crippen LogP contribution in [0.1, 0.15) is 39.0 Å². The largest absolute Gasteiger partial charge is 0.363 e. The molecule has 3 heterocycles. The summed E-state index contributed by atoms with van der Waals surface area (Å²) in [5.41, 5.74) is 1.43. The second kappa shape index (κ2) is 8.65. The molecule has 1 aliphatic carbocycles. The van der Waals surface area contributed by atoms with Crippen LogP contribution in [0.5, 0.6) is 0 Å². The van der Waals surface area contributed by atoms with Crippen LogP contribution in [0.3, 0.4) is 0 Å². The summed E-state index contributed by atoms with van der Waals surface area (Å²) in [4.78, 5) is 15.9. The second-order valence-electron chi connectivity index (χ2n) is 7.57. The van der Waals surface area contributed by atoms with E-state index in [0.717, 1.165) is 36.4 Å². The summed E-state index contributed by atoms with van der Waals surface area (Å²) in [5.74, 6) is -0.0454. The summed E-state index contributed by atoms with van der Waals surface area (Å²) >= 11 is 0. The van der Waals surface area contributed by atoms with Crippen molar-refractivity contribution in [2.75, 3.05) is 11.1 Å². The Morgan fingerprint density at radius 1 is 1.23 bits per heavy atom. The lowest BCUT2D eigenvalue weighted by atomic mass is 9.91.